The van der Waals surface area contributed by atoms with Crippen molar-refractivity contribution in [1.82, 2.24) is 10.2 Å². The summed E-state index contributed by atoms with van der Waals surface area (Å²) in [6.07, 6.45) is 2.00. The van der Waals surface area contributed by atoms with Crippen molar-refractivity contribution in [3.63, 3.8) is 0 Å². The summed E-state index contributed by atoms with van der Waals surface area (Å²) in [4.78, 5) is 0. The van der Waals surface area contributed by atoms with Crippen molar-refractivity contribution in [3.05, 3.63) is 46.7 Å². The van der Waals surface area contributed by atoms with Gasteiger partial charge in [0.1, 0.15) is 0 Å². The molecule has 1 heterocycles. The summed E-state index contributed by atoms with van der Waals surface area (Å²) < 4.78 is 0. The first-order chi connectivity index (χ1) is 7.34. The summed E-state index contributed by atoms with van der Waals surface area (Å²) in [5, 5.41) is 8.48. The van der Waals surface area contributed by atoms with Gasteiger partial charge >= 0.3 is 0 Å². The minimum Gasteiger partial charge on any atom is -0.153 e. The third-order valence-electron chi connectivity index (χ3n) is 2.78. The van der Waals surface area contributed by atoms with Gasteiger partial charge in [0.25, 0.3) is 0 Å². The zero-order chi connectivity index (χ0) is 10.3. The van der Waals surface area contributed by atoms with E-state index in [0.717, 1.165) is 24.1 Å². The second-order valence-corrected chi connectivity index (χ2v) is 4.07. The first-order valence-electron chi connectivity index (χ1n) is 4.95. The molecule has 1 aromatic heterocycles. The van der Waals surface area contributed by atoms with Gasteiger partial charge in [-0.25, -0.2) is 0 Å². The average Bonchev–Trinajstić information content (AvgIpc) is 2.29. The molecule has 0 aliphatic heterocycles. The third kappa shape index (κ3) is 1.41. The average molecular weight is 217 g/mol. The van der Waals surface area contributed by atoms with Gasteiger partial charge in [-0.3, -0.25) is 0 Å². The summed E-state index contributed by atoms with van der Waals surface area (Å²) in [5.74, 6) is 0. The van der Waals surface area contributed by atoms with Gasteiger partial charge in [0.2, 0.25) is 0 Å². The SMILES string of the molecule is Clc1cc2c(nn1)CCc1ccccc1-2. The molecule has 0 bridgehead atoms. The number of rotatable bonds is 0. The van der Waals surface area contributed by atoms with Gasteiger partial charge in [-0.1, -0.05) is 35.9 Å². The lowest BCUT2D eigenvalue weighted by Gasteiger charge is -2.17. The zero-order valence-corrected chi connectivity index (χ0v) is 8.83. The van der Waals surface area contributed by atoms with E-state index in [1.807, 2.05) is 12.1 Å². The molecule has 0 saturated heterocycles. The van der Waals surface area contributed by atoms with Crippen LogP contribution < -0.4 is 0 Å². The summed E-state index contributed by atoms with van der Waals surface area (Å²) in [7, 11) is 0. The van der Waals surface area contributed by atoms with Gasteiger partial charge in [-0.05, 0) is 30.0 Å². The minimum atomic E-state index is 0.463. The molecule has 0 atom stereocenters. The predicted molar refractivity (Wildman–Crippen MR) is 59.9 cm³/mol. The van der Waals surface area contributed by atoms with E-state index >= 15 is 0 Å². The Kier molecular flexibility index (Phi) is 1.96. The number of benzene rings is 1. The van der Waals surface area contributed by atoms with E-state index in [0.29, 0.717) is 5.15 Å². The molecule has 0 amide bonds. The summed E-state index contributed by atoms with van der Waals surface area (Å²) in [6, 6.07) is 10.3. The van der Waals surface area contributed by atoms with Crippen LogP contribution in [0.4, 0.5) is 0 Å². The standard InChI is InChI=1S/C12H9ClN2/c13-12-7-10-9-4-2-1-3-8(9)5-6-11(10)14-15-12/h1-4,7H,5-6H2. The van der Waals surface area contributed by atoms with Crippen molar-refractivity contribution in [2.75, 3.05) is 0 Å². The molecule has 3 heteroatoms. The number of aromatic nitrogens is 2. The number of hydrogen-bond acceptors (Lipinski definition) is 2. The molecule has 1 aliphatic carbocycles. The highest BCUT2D eigenvalue weighted by molar-refractivity contribution is 6.29. The Balaban J connectivity index is 2.28. The summed E-state index contributed by atoms with van der Waals surface area (Å²) >= 11 is 5.87. The maximum absolute atomic E-state index is 5.87. The van der Waals surface area contributed by atoms with Crippen molar-refractivity contribution in [2.45, 2.75) is 12.8 Å². The molecule has 0 fully saturated rings. The normalized spacial score (nSPS) is 13.1. The van der Waals surface area contributed by atoms with Gasteiger partial charge in [0.15, 0.2) is 5.15 Å². The van der Waals surface area contributed by atoms with Crippen LogP contribution in [-0.2, 0) is 12.8 Å². The molecule has 0 radical (unpaired) electrons. The fourth-order valence-electron chi connectivity index (χ4n) is 2.07. The van der Waals surface area contributed by atoms with Crippen LogP contribution in [0.2, 0.25) is 5.15 Å². The molecule has 2 aromatic rings. The van der Waals surface area contributed by atoms with Crippen molar-refractivity contribution >= 4 is 11.6 Å². The van der Waals surface area contributed by atoms with Crippen molar-refractivity contribution in [1.29, 1.82) is 0 Å². The molecule has 0 unspecified atom stereocenters. The predicted octanol–water partition coefficient (Wildman–Crippen LogP) is 2.90. The minimum absolute atomic E-state index is 0.463. The van der Waals surface area contributed by atoms with Crippen LogP contribution in [0.25, 0.3) is 11.1 Å². The first kappa shape index (κ1) is 8.86. The summed E-state index contributed by atoms with van der Waals surface area (Å²) in [6.45, 7) is 0. The molecule has 2 nitrogen and oxygen atoms in total. The van der Waals surface area contributed by atoms with Gasteiger partial charge < -0.3 is 0 Å². The Labute approximate surface area is 92.9 Å². The van der Waals surface area contributed by atoms with Gasteiger partial charge in [0, 0.05) is 5.56 Å². The first-order valence-corrected chi connectivity index (χ1v) is 5.33. The van der Waals surface area contributed by atoms with Crippen LogP contribution in [0.1, 0.15) is 11.3 Å². The maximum atomic E-state index is 5.87. The number of nitrogens with zero attached hydrogens (tertiary/aromatic N) is 2. The highest BCUT2D eigenvalue weighted by atomic mass is 35.5. The fraction of sp³-hybridized carbons (Fsp3) is 0.167. The van der Waals surface area contributed by atoms with Crippen LogP contribution in [-0.4, -0.2) is 10.2 Å². The smallest absolute Gasteiger partial charge is 0.152 e. The number of halogens is 1. The van der Waals surface area contributed by atoms with Gasteiger partial charge in [0.05, 0.1) is 5.69 Å². The molecule has 74 valence electrons. The Morgan fingerprint density at radius 2 is 1.87 bits per heavy atom. The van der Waals surface area contributed by atoms with Crippen LogP contribution in [0.5, 0.6) is 0 Å². The largest absolute Gasteiger partial charge is 0.153 e. The monoisotopic (exact) mass is 216 g/mol. The highest BCUT2D eigenvalue weighted by Gasteiger charge is 2.17. The van der Waals surface area contributed by atoms with Crippen LogP contribution >= 0.6 is 11.6 Å². The molecular formula is C12H9ClN2. The van der Waals surface area contributed by atoms with Gasteiger partial charge in [-0.2, -0.15) is 5.10 Å². The number of aryl methyl sites for hydroxylation is 2. The van der Waals surface area contributed by atoms with Gasteiger partial charge in [-0.15, -0.1) is 5.10 Å². The fourth-order valence-corrected chi connectivity index (χ4v) is 2.21. The Morgan fingerprint density at radius 1 is 1.00 bits per heavy atom. The molecule has 15 heavy (non-hydrogen) atoms. The van der Waals surface area contributed by atoms with Crippen LogP contribution in [0.3, 0.4) is 0 Å². The topological polar surface area (TPSA) is 25.8 Å². The van der Waals surface area contributed by atoms with E-state index < -0.39 is 0 Å². The maximum Gasteiger partial charge on any atom is 0.152 e. The number of hydrogen-bond donors (Lipinski definition) is 0. The quantitative estimate of drug-likeness (QED) is 0.677. The van der Waals surface area contributed by atoms with Crippen molar-refractivity contribution in [3.8, 4) is 11.1 Å². The van der Waals surface area contributed by atoms with Crippen molar-refractivity contribution in [2.24, 2.45) is 0 Å². The molecule has 0 spiro atoms. The van der Waals surface area contributed by atoms with E-state index in [2.05, 4.69) is 28.4 Å². The lowest BCUT2D eigenvalue weighted by molar-refractivity contribution is 0.846. The number of fused-ring (bicyclic) bond motifs is 3. The Hall–Kier alpha value is -1.41. The van der Waals surface area contributed by atoms with Crippen LogP contribution in [0.15, 0.2) is 30.3 Å². The Morgan fingerprint density at radius 3 is 2.80 bits per heavy atom. The van der Waals surface area contributed by atoms with E-state index in [9.17, 15) is 0 Å². The molecule has 0 saturated carbocycles. The zero-order valence-electron chi connectivity index (χ0n) is 8.07. The van der Waals surface area contributed by atoms with E-state index in [-0.39, 0.29) is 0 Å². The third-order valence-corrected chi connectivity index (χ3v) is 2.96. The highest BCUT2D eigenvalue weighted by Crippen LogP contribution is 2.32. The molecule has 1 aliphatic rings. The summed E-state index contributed by atoms with van der Waals surface area (Å²) in [5.41, 5.74) is 4.81. The van der Waals surface area contributed by atoms with E-state index in [4.69, 9.17) is 11.6 Å². The molecule has 1 aromatic carbocycles. The van der Waals surface area contributed by atoms with E-state index in [1.54, 1.807) is 0 Å². The molecule has 3 rings (SSSR count). The van der Waals surface area contributed by atoms with Crippen LogP contribution in [0, 0.1) is 0 Å². The molecular weight excluding hydrogens is 208 g/mol. The second kappa shape index (κ2) is 3.31. The molecule has 0 N–H and O–H groups in total. The van der Waals surface area contributed by atoms with Crippen molar-refractivity contribution < 1.29 is 0 Å². The van der Waals surface area contributed by atoms with E-state index in [1.165, 1.54) is 11.1 Å². The lowest BCUT2D eigenvalue weighted by Crippen LogP contribution is -2.06. The Bertz CT molecular complexity index is 523. The lowest BCUT2D eigenvalue weighted by atomic mass is 9.89. The second-order valence-electron chi connectivity index (χ2n) is 3.68.